The van der Waals surface area contributed by atoms with Gasteiger partial charge in [0.1, 0.15) is 11.3 Å². The number of hydrogen-bond acceptors (Lipinski definition) is 4. The summed E-state index contributed by atoms with van der Waals surface area (Å²) >= 11 is 5.72. The Morgan fingerprint density at radius 1 is 1.30 bits per heavy atom. The number of hydrogen-bond donors (Lipinski definition) is 3. The number of carboxylic acid groups (broad SMARTS) is 1. The second kappa shape index (κ2) is 8.24. The average Bonchev–Trinajstić information content (AvgIpc) is 2.65. The van der Waals surface area contributed by atoms with Gasteiger partial charge in [0.05, 0.1) is 25.0 Å². The molecule has 27 heavy (non-hydrogen) atoms. The van der Waals surface area contributed by atoms with E-state index < -0.39 is 12.1 Å². The van der Waals surface area contributed by atoms with Crippen LogP contribution in [-0.4, -0.2) is 46.8 Å². The molecule has 3 rings (SSSR count). The van der Waals surface area contributed by atoms with Crippen LogP contribution in [0.5, 0.6) is 0 Å². The fourth-order valence-electron chi connectivity index (χ4n) is 2.79. The van der Waals surface area contributed by atoms with E-state index in [1.165, 1.54) is 11.1 Å². The molecule has 3 N–H and O–H groups in total. The van der Waals surface area contributed by atoms with Crippen molar-refractivity contribution in [1.82, 2.24) is 9.88 Å². The third kappa shape index (κ3) is 4.87. The Hall–Kier alpha value is -2.84. The second-order valence-electron chi connectivity index (χ2n) is 6.11. The van der Waals surface area contributed by atoms with Gasteiger partial charge >= 0.3 is 12.1 Å². The van der Waals surface area contributed by atoms with E-state index in [9.17, 15) is 9.59 Å². The highest BCUT2D eigenvalue weighted by Crippen LogP contribution is 2.26. The normalized spacial score (nSPS) is 16.7. The van der Waals surface area contributed by atoms with E-state index in [1.807, 2.05) is 19.1 Å². The summed E-state index contributed by atoms with van der Waals surface area (Å²) in [5, 5.41) is 14.9. The Balaban J connectivity index is 1.65. The van der Waals surface area contributed by atoms with Crippen molar-refractivity contribution in [2.24, 2.45) is 0 Å². The van der Waals surface area contributed by atoms with Crippen LogP contribution >= 0.6 is 11.6 Å². The number of halogens is 1. The highest BCUT2D eigenvalue weighted by atomic mass is 35.5. The van der Waals surface area contributed by atoms with Gasteiger partial charge < -0.3 is 25.4 Å². The lowest BCUT2D eigenvalue weighted by atomic mass is 10.0. The lowest BCUT2D eigenvalue weighted by Gasteiger charge is -2.31. The summed E-state index contributed by atoms with van der Waals surface area (Å²) < 4.78 is 5.69. The number of aromatic nitrogens is 1. The number of ether oxygens (including phenoxy) is 1. The van der Waals surface area contributed by atoms with Crippen LogP contribution in [0.4, 0.5) is 21.0 Å². The number of nitrogens with one attached hydrogen (secondary N) is 2. The average molecular weight is 391 g/mol. The van der Waals surface area contributed by atoms with Gasteiger partial charge in [0.15, 0.2) is 0 Å². The number of pyridine rings is 1. The van der Waals surface area contributed by atoms with Gasteiger partial charge in [-0.1, -0.05) is 23.7 Å². The number of nitrogens with zero attached hydrogens (tertiary/aromatic N) is 2. The van der Waals surface area contributed by atoms with Crippen molar-refractivity contribution in [3.63, 3.8) is 0 Å². The molecule has 2 heterocycles. The molecule has 1 aromatic heterocycles. The molecule has 1 atom stereocenters. The van der Waals surface area contributed by atoms with E-state index in [2.05, 4.69) is 15.6 Å². The molecule has 0 radical (unpaired) electrons. The van der Waals surface area contributed by atoms with Gasteiger partial charge in [-0.15, -0.1) is 0 Å². The summed E-state index contributed by atoms with van der Waals surface area (Å²) in [7, 11) is 0. The van der Waals surface area contributed by atoms with Gasteiger partial charge in [-0.25, -0.2) is 14.6 Å². The number of morpholine rings is 1. The molecular weight excluding hydrogens is 372 g/mol. The van der Waals surface area contributed by atoms with Gasteiger partial charge in [-0.05, 0) is 36.2 Å². The lowest BCUT2D eigenvalue weighted by Crippen LogP contribution is -2.41. The molecule has 0 spiro atoms. The molecule has 8 nitrogen and oxygen atoms in total. The first-order valence-electron chi connectivity index (χ1n) is 8.32. The fraction of sp³-hybridized carbons (Fsp3) is 0.278. The number of carbonyl (C=O) groups is 2. The Morgan fingerprint density at radius 3 is 2.78 bits per heavy atom. The van der Waals surface area contributed by atoms with Gasteiger partial charge in [-0.3, -0.25) is 0 Å². The van der Waals surface area contributed by atoms with Crippen molar-refractivity contribution in [3.8, 4) is 0 Å². The van der Waals surface area contributed by atoms with Crippen molar-refractivity contribution in [1.29, 1.82) is 0 Å². The van der Waals surface area contributed by atoms with Gasteiger partial charge in [0, 0.05) is 12.2 Å². The lowest BCUT2D eigenvalue weighted by molar-refractivity contribution is -0.0232. The SMILES string of the molecule is Cc1cc(C2CN(C(=O)O)CCO2)ccc1NC(=O)Nc1ccc(Cl)nc1. The minimum absolute atomic E-state index is 0.283. The number of aryl methyl sites for hydroxylation is 1. The van der Waals surface area contributed by atoms with Crippen LogP contribution in [0, 0.1) is 6.92 Å². The van der Waals surface area contributed by atoms with E-state index in [0.29, 0.717) is 29.7 Å². The van der Waals surface area contributed by atoms with Crippen molar-refractivity contribution >= 4 is 35.1 Å². The predicted molar refractivity (Wildman–Crippen MR) is 101 cm³/mol. The topological polar surface area (TPSA) is 104 Å². The number of amides is 3. The molecule has 142 valence electrons. The Morgan fingerprint density at radius 2 is 2.11 bits per heavy atom. The van der Waals surface area contributed by atoms with E-state index >= 15 is 0 Å². The van der Waals surface area contributed by atoms with Crippen molar-refractivity contribution in [2.75, 3.05) is 30.3 Å². The third-order valence-electron chi connectivity index (χ3n) is 4.19. The van der Waals surface area contributed by atoms with Crippen LogP contribution in [0.25, 0.3) is 0 Å². The quantitative estimate of drug-likeness (QED) is 0.692. The highest BCUT2D eigenvalue weighted by molar-refractivity contribution is 6.29. The van der Waals surface area contributed by atoms with Crippen LogP contribution in [0.1, 0.15) is 17.2 Å². The fourth-order valence-corrected chi connectivity index (χ4v) is 2.90. The van der Waals surface area contributed by atoms with Gasteiger partial charge in [0.2, 0.25) is 0 Å². The number of benzene rings is 1. The summed E-state index contributed by atoms with van der Waals surface area (Å²) in [4.78, 5) is 28.5. The van der Waals surface area contributed by atoms with E-state index in [4.69, 9.17) is 21.4 Å². The summed E-state index contributed by atoms with van der Waals surface area (Å²) in [6.07, 6.45) is 0.190. The van der Waals surface area contributed by atoms with Crippen LogP contribution in [0.2, 0.25) is 5.15 Å². The zero-order valence-corrected chi connectivity index (χ0v) is 15.4. The first-order valence-corrected chi connectivity index (χ1v) is 8.70. The van der Waals surface area contributed by atoms with Crippen LogP contribution in [-0.2, 0) is 4.74 Å². The van der Waals surface area contributed by atoms with E-state index in [1.54, 1.807) is 18.2 Å². The van der Waals surface area contributed by atoms with Crippen LogP contribution in [0.15, 0.2) is 36.5 Å². The molecule has 1 aromatic carbocycles. The highest BCUT2D eigenvalue weighted by Gasteiger charge is 2.25. The number of rotatable bonds is 3. The number of urea groups is 1. The molecule has 1 fully saturated rings. The first-order chi connectivity index (χ1) is 12.9. The van der Waals surface area contributed by atoms with Crippen molar-refractivity contribution in [3.05, 3.63) is 52.8 Å². The predicted octanol–water partition coefficient (Wildman–Crippen LogP) is 3.74. The molecule has 0 bridgehead atoms. The Labute approximate surface area is 161 Å². The van der Waals surface area contributed by atoms with Gasteiger partial charge in [-0.2, -0.15) is 0 Å². The Kier molecular flexibility index (Phi) is 5.78. The van der Waals surface area contributed by atoms with E-state index in [0.717, 1.165) is 11.1 Å². The summed E-state index contributed by atoms with van der Waals surface area (Å²) in [6.45, 7) is 2.87. The molecular formula is C18H19ClN4O4. The largest absolute Gasteiger partial charge is 0.465 e. The molecule has 1 saturated heterocycles. The maximum atomic E-state index is 12.1. The smallest absolute Gasteiger partial charge is 0.407 e. The molecule has 3 amide bonds. The summed E-state index contributed by atoms with van der Waals surface area (Å²) in [5.74, 6) is 0. The first kappa shape index (κ1) is 18.9. The molecule has 1 unspecified atom stereocenters. The van der Waals surface area contributed by atoms with E-state index in [-0.39, 0.29) is 12.6 Å². The van der Waals surface area contributed by atoms with Crippen molar-refractivity contribution in [2.45, 2.75) is 13.0 Å². The number of anilines is 2. The maximum Gasteiger partial charge on any atom is 0.407 e. The summed E-state index contributed by atoms with van der Waals surface area (Å²) in [5.41, 5.74) is 2.87. The standard InChI is InChI=1S/C18H19ClN4O4/c1-11-8-12(15-10-23(18(25)26)6-7-27-15)2-4-14(11)22-17(24)21-13-3-5-16(19)20-9-13/h2-5,8-9,15H,6-7,10H2,1H3,(H,25,26)(H2,21,22,24). The molecule has 0 saturated carbocycles. The Bertz CT molecular complexity index is 844. The second-order valence-corrected chi connectivity index (χ2v) is 6.50. The monoisotopic (exact) mass is 390 g/mol. The minimum atomic E-state index is -0.952. The van der Waals surface area contributed by atoms with Crippen LogP contribution < -0.4 is 10.6 Å². The van der Waals surface area contributed by atoms with Crippen LogP contribution in [0.3, 0.4) is 0 Å². The molecule has 0 aliphatic carbocycles. The minimum Gasteiger partial charge on any atom is -0.465 e. The zero-order chi connectivity index (χ0) is 19.4. The molecule has 1 aliphatic heterocycles. The zero-order valence-electron chi connectivity index (χ0n) is 14.6. The molecule has 2 aromatic rings. The summed E-state index contributed by atoms with van der Waals surface area (Å²) in [6, 6.07) is 8.31. The third-order valence-corrected chi connectivity index (χ3v) is 4.42. The number of carbonyl (C=O) groups excluding carboxylic acids is 1. The van der Waals surface area contributed by atoms with Crippen molar-refractivity contribution < 1.29 is 19.4 Å². The van der Waals surface area contributed by atoms with Gasteiger partial charge in [0.25, 0.3) is 0 Å². The molecule has 1 aliphatic rings. The molecule has 9 heteroatoms. The maximum absolute atomic E-state index is 12.1.